The molecule has 0 saturated carbocycles. The molecule has 0 aromatic carbocycles. The number of hydrogen-bond donors (Lipinski definition) is 0. The lowest BCUT2D eigenvalue weighted by atomic mass is 10.4. The van der Waals surface area contributed by atoms with Gasteiger partial charge in [-0.3, -0.25) is 0 Å². The molecule has 0 unspecified atom stereocenters. The van der Waals surface area contributed by atoms with E-state index < -0.39 is 7.80 Å². The molecule has 1 saturated heterocycles. The van der Waals surface area contributed by atoms with Gasteiger partial charge in [-0.15, -0.1) is 0 Å². The minimum absolute atomic E-state index is 0.301. The number of anilines is 1. The lowest BCUT2D eigenvalue weighted by Crippen LogP contribution is -2.33. The van der Waals surface area contributed by atoms with Crippen molar-refractivity contribution in [3.63, 3.8) is 0 Å². The Morgan fingerprint density at radius 1 is 1.43 bits per heavy atom. The van der Waals surface area contributed by atoms with Gasteiger partial charge in [-0.1, -0.05) is 4.57 Å². The maximum atomic E-state index is 13.3. The van der Waals surface area contributed by atoms with Crippen LogP contribution in [-0.4, -0.2) is 30.4 Å². The fourth-order valence-electron chi connectivity index (χ4n) is 1.51. The van der Waals surface area contributed by atoms with Gasteiger partial charge in [-0.25, -0.2) is 9.37 Å². The topological polar surface area (TPSA) is 33.2 Å². The predicted molar refractivity (Wildman–Crippen MR) is 53.7 cm³/mol. The van der Waals surface area contributed by atoms with Crippen molar-refractivity contribution >= 4 is 13.6 Å². The summed E-state index contributed by atoms with van der Waals surface area (Å²) in [6.07, 6.45) is 2.86. The Hall–Kier alpha value is -1.02. The standard InChI is InChI=1S/C9H11FN2OP/c10-8-2-1-3-11-9(8)12-4-6-14(13)7-5-12/h1-3H,4-7H2/q+1. The third kappa shape index (κ3) is 1.90. The zero-order valence-electron chi connectivity index (χ0n) is 7.69. The van der Waals surface area contributed by atoms with E-state index in [1.54, 1.807) is 12.3 Å². The van der Waals surface area contributed by atoms with Crippen LogP contribution in [0.5, 0.6) is 0 Å². The molecule has 14 heavy (non-hydrogen) atoms. The number of nitrogens with zero attached hydrogens (tertiary/aromatic N) is 2. The normalized spacial score (nSPS) is 17.2. The van der Waals surface area contributed by atoms with Crippen LogP contribution in [-0.2, 0) is 4.57 Å². The Morgan fingerprint density at radius 2 is 2.14 bits per heavy atom. The minimum Gasteiger partial charge on any atom is -0.346 e. The molecule has 1 aliphatic heterocycles. The molecule has 1 aromatic heterocycles. The molecule has 2 rings (SSSR count). The minimum atomic E-state index is -1.06. The molecule has 1 aliphatic rings. The molecule has 0 N–H and O–H groups in total. The molecule has 0 radical (unpaired) electrons. The summed E-state index contributed by atoms with van der Waals surface area (Å²) in [4.78, 5) is 5.84. The summed E-state index contributed by atoms with van der Waals surface area (Å²) < 4.78 is 24.4. The van der Waals surface area contributed by atoms with Gasteiger partial charge in [0.15, 0.2) is 24.0 Å². The van der Waals surface area contributed by atoms with E-state index in [2.05, 4.69) is 4.98 Å². The summed E-state index contributed by atoms with van der Waals surface area (Å²) >= 11 is 0. The van der Waals surface area contributed by atoms with Crippen molar-refractivity contribution in [2.75, 3.05) is 30.3 Å². The van der Waals surface area contributed by atoms with Crippen LogP contribution in [0, 0.1) is 5.82 Å². The van der Waals surface area contributed by atoms with Crippen LogP contribution in [0.25, 0.3) is 0 Å². The highest BCUT2D eigenvalue weighted by Crippen LogP contribution is 2.27. The molecule has 2 heterocycles. The van der Waals surface area contributed by atoms with Crippen molar-refractivity contribution in [3.05, 3.63) is 24.1 Å². The average molecular weight is 213 g/mol. The smallest absolute Gasteiger partial charge is 0.342 e. The number of halogens is 1. The lowest BCUT2D eigenvalue weighted by Gasteiger charge is -2.22. The van der Waals surface area contributed by atoms with Gasteiger partial charge in [0.1, 0.15) is 0 Å². The third-order valence-corrected chi connectivity index (χ3v) is 3.67. The van der Waals surface area contributed by atoms with Gasteiger partial charge >= 0.3 is 7.80 Å². The number of hydrogen-bond acceptors (Lipinski definition) is 3. The van der Waals surface area contributed by atoms with Crippen LogP contribution < -0.4 is 4.90 Å². The second-order valence-corrected chi connectivity index (χ2v) is 5.08. The van der Waals surface area contributed by atoms with Crippen molar-refractivity contribution in [1.82, 2.24) is 4.98 Å². The summed E-state index contributed by atoms with van der Waals surface area (Å²) in [5.41, 5.74) is 0. The summed E-state index contributed by atoms with van der Waals surface area (Å²) in [7, 11) is -1.06. The van der Waals surface area contributed by atoms with E-state index in [4.69, 9.17) is 0 Å². The van der Waals surface area contributed by atoms with Gasteiger partial charge in [0.2, 0.25) is 0 Å². The van der Waals surface area contributed by atoms with E-state index in [1.165, 1.54) is 6.07 Å². The molecule has 0 aliphatic carbocycles. The molecule has 0 atom stereocenters. The van der Waals surface area contributed by atoms with Gasteiger partial charge in [-0.05, 0) is 12.1 Å². The average Bonchev–Trinajstić information content (AvgIpc) is 2.20. The molecule has 0 spiro atoms. The van der Waals surface area contributed by atoms with E-state index in [0.717, 1.165) is 0 Å². The van der Waals surface area contributed by atoms with E-state index in [0.29, 0.717) is 31.2 Å². The van der Waals surface area contributed by atoms with Crippen molar-refractivity contribution in [3.8, 4) is 0 Å². The van der Waals surface area contributed by atoms with Gasteiger partial charge in [0.05, 0.1) is 13.1 Å². The van der Waals surface area contributed by atoms with Crippen molar-refractivity contribution in [2.24, 2.45) is 0 Å². The van der Waals surface area contributed by atoms with Crippen LogP contribution in [0.4, 0.5) is 10.2 Å². The largest absolute Gasteiger partial charge is 0.346 e. The SMILES string of the molecule is O=[P+]1CCN(c2ncccc2F)CC1. The Morgan fingerprint density at radius 3 is 2.79 bits per heavy atom. The van der Waals surface area contributed by atoms with E-state index >= 15 is 0 Å². The fourth-order valence-corrected chi connectivity index (χ4v) is 2.66. The summed E-state index contributed by atoms with van der Waals surface area (Å²) in [6.45, 7) is 1.28. The first-order valence-electron chi connectivity index (χ1n) is 4.55. The highest BCUT2D eigenvalue weighted by molar-refractivity contribution is 7.44. The third-order valence-electron chi connectivity index (χ3n) is 2.28. The molecule has 0 amide bonds. The van der Waals surface area contributed by atoms with Crippen molar-refractivity contribution in [1.29, 1.82) is 0 Å². The summed E-state index contributed by atoms with van der Waals surface area (Å²) in [6, 6.07) is 2.97. The number of pyridine rings is 1. The first-order valence-corrected chi connectivity index (χ1v) is 6.18. The quantitative estimate of drug-likeness (QED) is 0.667. The Labute approximate surface area is 82.7 Å². The maximum absolute atomic E-state index is 13.3. The molecule has 1 aromatic rings. The molecule has 1 fully saturated rings. The maximum Gasteiger partial charge on any atom is 0.342 e. The van der Waals surface area contributed by atoms with E-state index in [9.17, 15) is 8.96 Å². The second kappa shape index (κ2) is 4.01. The van der Waals surface area contributed by atoms with E-state index in [1.807, 2.05) is 4.90 Å². The van der Waals surface area contributed by atoms with Crippen molar-refractivity contribution in [2.45, 2.75) is 0 Å². The van der Waals surface area contributed by atoms with Crippen LogP contribution in [0.15, 0.2) is 18.3 Å². The molecule has 5 heteroatoms. The lowest BCUT2D eigenvalue weighted by molar-refractivity contribution is 0.578. The second-order valence-electron chi connectivity index (χ2n) is 3.22. The predicted octanol–water partition coefficient (Wildman–Crippen LogP) is 1.87. The van der Waals surface area contributed by atoms with Gasteiger partial charge < -0.3 is 4.90 Å². The van der Waals surface area contributed by atoms with Gasteiger partial charge in [0.25, 0.3) is 0 Å². The number of rotatable bonds is 1. The Bertz CT molecular complexity index is 348. The Balaban J connectivity index is 2.16. The first-order chi connectivity index (χ1) is 6.77. The first kappa shape index (κ1) is 9.53. The van der Waals surface area contributed by atoms with Crippen LogP contribution in [0.1, 0.15) is 0 Å². The zero-order valence-corrected chi connectivity index (χ0v) is 8.58. The van der Waals surface area contributed by atoms with E-state index in [-0.39, 0.29) is 5.82 Å². The van der Waals surface area contributed by atoms with Crippen LogP contribution >= 0.6 is 7.80 Å². The highest BCUT2D eigenvalue weighted by Gasteiger charge is 2.26. The van der Waals surface area contributed by atoms with Crippen LogP contribution in [0.2, 0.25) is 0 Å². The van der Waals surface area contributed by atoms with Gasteiger partial charge in [-0.2, -0.15) is 0 Å². The monoisotopic (exact) mass is 213 g/mol. The highest BCUT2D eigenvalue weighted by atomic mass is 31.1. The molecule has 74 valence electrons. The van der Waals surface area contributed by atoms with Gasteiger partial charge in [0, 0.05) is 6.20 Å². The summed E-state index contributed by atoms with van der Waals surface area (Å²) in [5.74, 6) is 0.0835. The fraction of sp³-hybridized carbons (Fsp3) is 0.444. The van der Waals surface area contributed by atoms with Crippen LogP contribution in [0.3, 0.4) is 0 Å². The summed E-state index contributed by atoms with van der Waals surface area (Å²) in [5, 5.41) is 0. The number of aromatic nitrogens is 1. The molecule has 0 bridgehead atoms. The molecular weight excluding hydrogens is 202 g/mol. The molecular formula is C9H11FN2OP+. The Kier molecular flexibility index (Phi) is 2.73. The zero-order chi connectivity index (χ0) is 9.97. The molecule has 3 nitrogen and oxygen atoms in total. The van der Waals surface area contributed by atoms with Crippen molar-refractivity contribution < 1.29 is 8.96 Å².